The van der Waals surface area contributed by atoms with Gasteiger partial charge in [0, 0.05) is 24.9 Å². The standard InChI is InChI=1S/C14H21N5O2/c1-14(2,3)13-17-9(15)7-10(18-13)16-8-5-6-11(20)19(4)12(8)21/h7-8H,5-6H2,1-4H3,(H3,15,16,17,18). The molecule has 0 bridgehead atoms. The Morgan fingerprint density at radius 2 is 2.00 bits per heavy atom. The summed E-state index contributed by atoms with van der Waals surface area (Å²) in [7, 11) is 1.49. The Labute approximate surface area is 123 Å². The first-order chi connectivity index (χ1) is 9.68. The highest BCUT2D eigenvalue weighted by Gasteiger charge is 2.32. The molecule has 0 saturated carbocycles. The summed E-state index contributed by atoms with van der Waals surface area (Å²) in [5, 5.41) is 3.06. The van der Waals surface area contributed by atoms with Crippen molar-refractivity contribution in [2.24, 2.45) is 0 Å². The molecule has 1 fully saturated rings. The maximum Gasteiger partial charge on any atom is 0.251 e. The second-order valence-corrected chi connectivity index (χ2v) is 6.28. The van der Waals surface area contributed by atoms with Gasteiger partial charge in [0.05, 0.1) is 0 Å². The third-order valence-corrected chi connectivity index (χ3v) is 3.39. The first-order valence-electron chi connectivity index (χ1n) is 6.90. The number of nitrogens with two attached hydrogens (primary N) is 1. The number of imide groups is 1. The van der Waals surface area contributed by atoms with Crippen LogP contribution >= 0.6 is 0 Å². The molecule has 1 unspecified atom stereocenters. The van der Waals surface area contributed by atoms with E-state index in [2.05, 4.69) is 15.3 Å². The fourth-order valence-corrected chi connectivity index (χ4v) is 2.10. The average molecular weight is 291 g/mol. The Balaban J connectivity index is 2.22. The van der Waals surface area contributed by atoms with E-state index in [9.17, 15) is 9.59 Å². The summed E-state index contributed by atoms with van der Waals surface area (Å²) in [5.41, 5.74) is 5.56. The summed E-state index contributed by atoms with van der Waals surface area (Å²) in [5.74, 6) is 1.06. The number of nitrogens with one attached hydrogen (secondary N) is 1. The minimum Gasteiger partial charge on any atom is -0.384 e. The van der Waals surface area contributed by atoms with Gasteiger partial charge >= 0.3 is 0 Å². The van der Waals surface area contributed by atoms with Gasteiger partial charge < -0.3 is 11.1 Å². The molecular weight excluding hydrogens is 270 g/mol. The van der Waals surface area contributed by atoms with Gasteiger partial charge in [0.2, 0.25) is 5.91 Å². The maximum absolute atomic E-state index is 12.1. The Bertz CT molecular complexity index is 579. The third kappa shape index (κ3) is 3.29. The van der Waals surface area contributed by atoms with Crippen LogP contribution in [-0.4, -0.2) is 39.8 Å². The van der Waals surface area contributed by atoms with Crippen LogP contribution in [0.2, 0.25) is 0 Å². The summed E-state index contributed by atoms with van der Waals surface area (Å²) in [4.78, 5) is 33.3. The van der Waals surface area contributed by atoms with E-state index in [0.29, 0.717) is 30.3 Å². The maximum atomic E-state index is 12.1. The molecule has 21 heavy (non-hydrogen) atoms. The summed E-state index contributed by atoms with van der Waals surface area (Å²) in [6.45, 7) is 5.97. The normalized spacial score (nSPS) is 19.8. The summed E-state index contributed by atoms with van der Waals surface area (Å²) < 4.78 is 0. The van der Waals surface area contributed by atoms with E-state index in [0.717, 1.165) is 4.90 Å². The largest absolute Gasteiger partial charge is 0.384 e. The second-order valence-electron chi connectivity index (χ2n) is 6.28. The third-order valence-electron chi connectivity index (χ3n) is 3.39. The summed E-state index contributed by atoms with van der Waals surface area (Å²) >= 11 is 0. The zero-order chi connectivity index (χ0) is 15.8. The van der Waals surface area contributed by atoms with Gasteiger partial charge in [-0.2, -0.15) is 0 Å². The highest BCUT2D eigenvalue weighted by molar-refractivity contribution is 6.01. The van der Waals surface area contributed by atoms with E-state index in [1.165, 1.54) is 7.05 Å². The molecule has 0 aromatic carbocycles. The molecule has 0 spiro atoms. The van der Waals surface area contributed by atoms with Crippen LogP contribution in [0.4, 0.5) is 11.6 Å². The van der Waals surface area contributed by atoms with Crippen LogP contribution in [0.5, 0.6) is 0 Å². The highest BCUT2D eigenvalue weighted by atomic mass is 16.2. The SMILES string of the molecule is CN1C(=O)CCC(Nc2cc(N)nc(C(C)(C)C)n2)C1=O. The lowest BCUT2D eigenvalue weighted by Crippen LogP contribution is -2.48. The number of nitrogen functional groups attached to an aromatic ring is 1. The van der Waals surface area contributed by atoms with Crippen LogP contribution in [-0.2, 0) is 15.0 Å². The molecule has 114 valence electrons. The molecule has 1 aliphatic rings. The molecule has 7 heteroatoms. The predicted molar refractivity (Wildman–Crippen MR) is 79.6 cm³/mol. The quantitative estimate of drug-likeness (QED) is 0.786. The lowest BCUT2D eigenvalue weighted by Gasteiger charge is -2.28. The molecular formula is C14H21N5O2. The Kier molecular flexibility index (Phi) is 3.85. The van der Waals surface area contributed by atoms with E-state index in [4.69, 9.17) is 5.73 Å². The van der Waals surface area contributed by atoms with Crippen molar-refractivity contribution in [2.75, 3.05) is 18.1 Å². The van der Waals surface area contributed by atoms with Crippen molar-refractivity contribution in [1.29, 1.82) is 0 Å². The lowest BCUT2D eigenvalue weighted by molar-refractivity contribution is -0.146. The van der Waals surface area contributed by atoms with Gasteiger partial charge in [-0.15, -0.1) is 0 Å². The predicted octanol–water partition coefficient (Wildman–Crippen LogP) is 0.916. The molecule has 1 aromatic heterocycles. The number of hydrogen-bond donors (Lipinski definition) is 2. The van der Waals surface area contributed by atoms with Crippen molar-refractivity contribution < 1.29 is 9.59 Å². The molecule has 2 rings (SSSR count). The molecule has 7 nitrogen and oxygen atoms in total. The van der Waals surface area contributed by atoms with Crippen molar-refractivity contribution in [3.63, 3.8) is 0 Å². The van der Waals surface area contributed by atoms with E-state index >= 15 is 0 Å². The zero-order valence-electron chi connectivity index (χ0n) is 12.8. The first-order valence-corrected chi connectivity index (χ1v) is 6.90. The van der Waals surface area contributed by atoms with Crippen molar-refractivity contribution in [3.8, 4) is 0 Å². The number of likely N-dealkylation sites (tertiary alicyclic amines) is 1. The number of anilines is 2. The van der Waals surface area contributed by atoms with Gasteiger partial charge in [-0.25, -0.2) is 9.97 Å². The number of aromatic nitrogens is 2. The summed E-state index contributed by atoms with van der Waals surface area (Å²) in [6, 6.07) is 1.13. The van der Waals surface area contributed by atoms with Gasteiger partial charge in [-0.1, -0.05) is 20.8 Å². The average Bonchev–Trinajstić information content (AvgIpc) is 2.38. The minimum atomic E-state index is -0.463. The van der Waals surface area contributed by atoms with Crippen LogP contribution < -0.4 is 11.1 Å². The van der Waals surface area contributed by atoms with Crippen molar-refractivity contribution >= 4 is 23.5 Å². The number of likely N-dealkylation sites (N-methyl/N-ethyl adjacent to an activating group) is 1. The van der Waals surface area contributed by atoms with E-state index < -0.39 is 6.04 Å². The minimum absolute atomic E-state index is 0.157. The van der Waals surface area contributed by atoms with Crippen molar-refractivity contribution in [2.45, 2.75) is 45.1 Å². The van der Waals surface area contributed by atoms with Crippen molar-refractivity contribution in [1.82, 2.24) is 14.9 Å². The van der Waals surface area contributed by atoms with Gasteiger partial charge in [0.1, 0.15) is 23.5 Å². The molecule has 1 aliphatic heterocycles. The number of amides is 2. The fraction of sp³-hybridized carbons (Fsp3) is 0.571. The number of piperidine rings is 1. The van der Waals surface area contributed by atoms with Crippen LogP contribution in [0, 0.1) is 0 Å². The van der Waals surface area contributed by atoms with Gasteiger partial charge in [-0.3, -0.25) is 14.5 Å². The van der Waals surface area contributed by atoms with Crippen LogP contribution in [0.25, 0.3) is 0 Å². The Morgan fingerprint density at radius 3 is 2.62 bits per heavy atom. The number of nitrogens with zero attached hydrogens (tertiary/aromatic N) is 3. The second kappa shape index (κ2) is 5.31. The molecule has 1 atom stereocenters. The van der Waals surface area contributed by atoms with Gasteiger partial charge in [0.25, 0.3) is 5.91 Å². The van der Waals surface area contributed by atoms with E-state index in [-0.39, 0.29) is 17.2 Å². The summed E-state index contributed by atoms with van der Waals surface area (Å²) in [6.07, 6.45) is 0.795. The topological polar surface area (TPSA) is 101 Å². The molecule has 2 heterocycles. The number of carbonyl (C=O) groups is 2. The molecule has 0 aliphatic carbocycles. The number of hydrogen-bond acceptors (Lipinski definition) is 6. The van der Waals surface area contributed by atoms with Crippen molar-refractivity contribution in [3.05, 3.63) is 11.9 Å². The van der Waals surface area contributed by atoms with Crippen LogP contribution in [0.15, 0.2) is 6.07 Å². The first kappa shape index (κ1) is 15.2. The Morgan fingerprint density at radius 1 is 1.33 bits per heavy atom. The molecule has 1 saturated heterocycles. The van der Waals surface area contributed by atoms with Crippen LogP contribution in [0.3, 0.4) is 0 Å². The lowest BCUT2D eigenvalue weighted by atomic mass is 9.96. The fourth-order valence-electron chi connectivity index (χ4n) is 2.10. The molecule has 0 radical (unpaired) electrons. The number of rotatable bonds is 2. The monoisotopic (exact) mass is 291 g/mol. The van der Waals surface area contributed by atoms with E-state index in [1.54, 1.807) is 6.07 Å². The van der Waals surface area contributed by atoms with Crippen LogP contribution in [0.1, 0.15) is 39.4 Å². The molecule has 3 N–H and O–H groups in total. The highest BCUT2D eigenvalue weighted by Crippen LogP contribution is 2.23. The number of carbonyl (C=O) groups excluding carboxylic acids is 2. The molecule has 2 amide bonds. The van der Waals surface area contributed by atoms with E-state index in [1.807, 2.05) is 20.8 Å². The smallest absolute Gasteiger partial charge is 0.251 e. The van der Waals surface area contributed by atoms with Gasteiger partial charge in [0.15, 0.2) is 0 Å². The van der Waals surface area contributed by atoms with Gasteiger partial charge in [-0.05, 0) is 6.42 Å². The Hall–Kier alpha value is -2.18. The molecule has 1 aromatic rings. The zero-order valence-corrected chi connectivity index (χ0v) is 12.8.